The second-order valence-corrected chi connectivity index (χ2v) is 5.15. The summed E-state index contributed by atoms with van der Waals surface area (Å²) in [7, 11) is 0. The summed E-state index contributed by atoms with van der Waals surface area (Å²) >= 11 is 0. The SMILES string of the molecule is O=C(Cc1cc(-c2ccc3c(c2)OCCO3)on1)Nc1ccon1. The van der Waals surface area contributed by atoms with Crippen molar-refractivity contribution >= 4 is 11.7 Å². The summed E-state index contributed by atoms with van der Waals surface area (Å²) in [5, 5.41) is 10.1. The Morgan fingerprint density at radius 3 is 2.79 bits per heavy atom. The number of anilines is 1. The molecule has 3 heterocycles. The van der Waals surface area contributed by atoms with Crippen LogP contribution in [-0.4, -0.2) is 29.4 Å². The largest absolute Gasteiger partial charge is 0.486 e. The summed E-state index contributed by atoms with van der Waals surface area (Å²) in [5.74, 6) is 2.02. The third-order valence-electron chi connectivity index (χ3n) is 3.43. The van der Waals surface area contributed by atoms with Gasteiger partial charge in [0.2, 0.25) is 5.91 Å². The molecular weight excluding hydrogens is 314 g/mol. The highest BCUT2D eigenvalue weighted by molar-refractivity contribution is 5.91. The molecule has 122 valence electrons. The van der Waals surface area contributed by atoms with E-state index in [1.54, 1.807) is 12.1 Å². The molecule has 1 aromatic carbocycles. The van der Waals surface area contributed by atoms with E-state index >= 15 is 0 Å². The van der Waals surface area contributed by atoms with Gasteiger partial charge in [-0.05, 0) is 18.2 Å². The minimum Gasteiger partial charge on any atom is -0.486 e. The van der Waals surface area contributed by atoms with E-state index in [-0.39, 0.29) is 12.3 Å². The summed E-state index contributed by atoms with van der Waals surface area (Å²) in [5.41, 5.74) is 1.32. The minimum absolute atomic E-state index is 0.0703. The molecule has 0 saturated heterocycles. The van der Waals surface area contributed by atoms with Crippen molar-refractivity contribution in [3.63, 3.8) is 0 Å². The maximum absolute atomic E-state index is 11.9. The predicted octanol–water partition coefficient (Wildman–Crippen LogP) is 2.28. The van der Waals surface area contributed by atoms with Crippen LogP contribution in [0.25, 0.3) is 11.3 Å². The number of fused-ring (bicyclic) bond motifs is 1. The predicted molar refractivity (Wildman–Crippen MR) is 81.8 cm³/mol. The highest BCUT2D eigenvalue weighted by atomic mass is 16.6. The number of nitrogens with one attached hydrogen (secondary N) is 1. The van der Waals surface area contributed by atoms with Gasteiger partial charge in [0.25, 0.3) is 0 Å². The minimum atomic E-state index is -0.258. The first-order valence-electron chi connectivity index (χ1n) is 7.34. The van der Waals surface area contributed by atoms with E-state index in [9.17, 15) is 4.79 Å². The van der Waals surface area contributed by atoms with Crippen LogP contribution in [0, 0.1) is 0 Å². The first-order chi connectivity index (χ1) is 11.8. The van der Waals surface area contributed by atoms with Crippen LogP contribution in [0.4, 0.5) is 5.82 Å². The molecule has 0 bridgehead atoms. The van der Waals surface area contributed by atoms with Crippen molar-refractivity contribution in [3.05, 3.63) is 42.3 Å². The molecule has 8 nitrogen and oxygen atoms in total. The molecule has 0 saturated carbocycles. The van der Waals surface area contributed by atoms with Gasteiger partial charge in [0.15, 0.2) is 23.1 Å². The van der Waals surface area contributed by atoms with Crippen molar-refractivity contribution in [2.45, 2.75) is 6.42 Å². The van der Waals surface area contributed by atoms with Crippen LogP contribution in [0.3, 0.4) is 0 Å². The van der Waals surface area contributed by atoms with E-state index in [1.165, 1.54) is 6.26 Å². The van der Waals surface area contributed by atoms with Gasteiger partial charge in [0.05, 0.1) is 12.1 Å². The lowest BCUT2D eigenvalue weighted by Crippen LogP contribution is -2.15. The molecule has 2 aromatic heterocycles. The van der Waals surface area contributed by atoms with Gasteiger partial charge in [-0.3, -0.25) is 4.79 Å². The van der Waals surface area contributed by atoms with E-state index in [2.05, 4.69) is 20.2 Å². The molecule has 1 N–H and O–H groups in total. The number of ether oxygens (including phenoxy) is 2. The average Bonchev–Trinajstić information content (AvgIpc) is 3.26. The Morgan fingerprint density at radius 1 is 1.08 bits per heavy atom. The summed E-state index contributed by atoms with van der Waals surface area (Å²) in [6, 6.07) is 8.78. The Labute approximate surface area is 136 Å². The molecule has 1 aliphatic heterocycles. The average molecular weight is 327 g/mol. The molecule has 1 amide bonds. The van der Waals surface area contributed by atoms with Gasteiger partial charge in [-0.1, -0.05) is 10.3 Å². The van der Waals surface area contributed by atoms with Crippen LogP contribution in [-0.2, 0) is 11.2 Å². The second kappa shape index (κ2) is 6.07. The Bertz CT molecular complexity index is 856. The number of hydrogen-bond donors (Lipinski definition) is 1. The molecule has 24 heavy (non-hydrogen) atoms. The van der Waals surface area contributed by atoms with Crippen LogP contribution < -0.4 is 14.8 Å². The zero-order valence-corrected chi connectivity index (χ0v) is 12.5. The van der Waals surface area contributed by atoms with E-state index in [0.717, 1.165) is 5.56 Å². The van der Waals surface area contributed by atoms with Crippen molar-refractivity contribution < 1.29 is 23.3 Å². The molecule has 1 aliphatic rings. The number of aromatic nitrogens is 2. The number of benzene rings is 1. The molecule has 0 atom stereocenters. The number of carbonyl (C=O) groups excluding carboxylic acids is 1. The van der Waals surface area contributed by atoms with Crippen molar-refractivity contribution in [2.75, 3.05) is 18.5 Å². The maximum Gasteiger partial charge on any atom is 0.231 e. The molecule has 0 fully saturated rings. The highest BCUT2D eigenvalue weighted by Crippen LogP contribution is 2.34. The zero-order chi connectivity index (χ0) is 16.4. The molecule has 0 radical (unpaired) electrons. The van der Waals surface area contributed by atoms with E-state index in [1.807, 2.05) is 18.2 Å². The standard InChI is InChI=1S/C16H13N3O5/c20-16(17-15-3-4-23-19-15)9-11-8-13(24-18-11)10-1-2-12-14(7-10)22-6-5-21-12/h1-4,7-8H,5-6,9H2,(H,17,19,20). The fourth-order valence-corrected chi connectivity index (χ4v) is 2.36. The van der Waals surface area contributed by atoms with Gasteiger partial charge in [-0.15, -0.1) is 0 Å². The fourth-order valence-electron chi connectivity index (χ4n) is 2.36. The number of amides is 1. The lowest BCUT2D eigenvalue weighted by Gasteiger charge is -2.18. The third-order valence-corrected chi connectivity index (χ3v) is 3.43. The maximum atomic E-state index is 11.9. The van der Waals surface area contributed by atoms with E-state index < -0.39 is 0 Å². The normalized spacial score (nSPS) is 12.8. The summed E-state index contributed by atoms with van der Waals surface area (Å²) in [6.45, 7) is 1.06. The van der Waals surface area contributed by atoms with Crippen molar-refractivity contribution in [2.24, 2.45) is 0 Å². The fraction of sp³-hybridized carbons (Fsp3) is 0.188. The smallest absolute Gasteiger partial charge is 0.231 e. The highest BCUT2D eigenvalue weighted by Gasteiger charge is 2.16. The van der Waals surface area contributed by atoms with Gasteiger partial charge in [-0.25, -0.2) is 0 Å². The van der Waals surface area contributed by atoms with Crippen LogP contribution >= 0.6 is 0 Å². The Morgan fingerprint density at radius 2 is 1.96 bits per heavy atom. The van der Waals surface area contributed by atoms with Crippen LogP contribution in [0.5, 0.6) is 11.5 Å². The lowest BCUT2D eigenvalue weighted by atomic mass is 10.1. The lowest BCUT2D eigenvalue weighted by molar-refractivity contribution is -0.115. The number of rotatable bonds is 4. The molecule has 3 aromatic rings. The Hall–Kier alpha value is -3.29. The molecule has 0 aliphatic carbocycles. The Balaban J connectivity index is 1.47. The molecule has 0 spiro atoms. The third kappa shape index (κ3) is 2.94. The topological polar surface area (TPSA) is 99.6 Å². The molecule has 4 rings (SSSR count). The second-order valence-electron chi connectivity index (χ2n) is 5.15. The van der Waals surface area contributed by atoms with Crippen LogP contribution in [0.15, 0.2) is 45.6 Å². The molecule has 8 heteroatoms. The van der Waals surface area contributed by atoms with Crippen molar-refractivity contribution in [1.29, 1.82) is 0 Å². The van der Waals surface area contributed by atoms with E-state index in [0.29, 0.717) is 42.0 Å². The van der Waals surface area contributed by atoms with Crippen molar-refractivity contribution in [3.8, 4) is 22.8 Å². The zero-order valence-electron chi connectivity index (χ0n) is 12.5. The number of hydrogen-bond acceptors (Lipinski definition) is 7. The summed E-state index contributed by atoms with van der Waals surface area (Å²) < 4.78 is 21.0. The van der Waals surface area contributed by atoms with Gasteiger partial charge in [-0.2, -0.15) is 0 Å². The summed E-state index contributed by atoms with van der Waals surface area (Å²) in [6.07, 6.45) is 1.45. The van der Waals surface area contributed by atoms with Gasteiger partial charge in [0.1, 0.15) is 19.5 Å². The van der Waals surface area contributed by atoms with Gasteiger partial charge >= 0.3 is 0 Å². The summed E-state index contributed by atoms with van der Waals surface area (Å²) in [4.78, 5) is 11.9. The van der Waals surface area contributed by atoms with Gasteiger partial charge < -0.3 is 23.8 Å². The van der Waals surface area contributed by atoms with E-state index in [4.69, 9.17) is 14.0 Å². The van der Waals surface area contributed by atoms with Crippen molar-refractivity contribution in [1.82, 2.24) is 10.3 Å². The first kappa shape index (κ1) is 14.3. The monoisotopic (exact) mass is 327 g/mol. The quantitative estimate of drug-likeness (QED) is 0.784. The number of carbonyl (C=O) groups is 1. The molecular formula is C16H13N3O5. The van der Waals surface area contributed by atoms with Crippen LogP contribution in [0.1, 0.15) is 5.69 Å². The first-order valence-corrected chi connectivity index (χ1v) is 7.34. The van der Waals surface area contributed by atoms with Gasteiger partial charge in [0, 0.05) is 17.7 Å². The Kier molecular flexibility index (Phi) is 3.62. The molecule has 0 unspecified atom stereocenters. The number of nitrogens with zero attached hydrogens (tertiary/aromatic N) is 2. The van der Waals surface area contributed by atoms with Crippen LogP contribution in [0.2, 0.25) is 0 Å².